The van der Waals surface area contributed by atoms with Crippen LogP contribution < -0.4 is 0 Å². The van der Waals surface area contributed by atoms with Crippen molar-refractivity contribution in [2.45, 2.75) is 26.4 Å². The van der Waals surface area contributed by atoms with Crippen LogP contribution in [0.2, 0.25) is 5.02 Å². The molecule has 1 unspecified atom stereocenters. The van der Waals surface area contributed by atoms with E-state index in [2.05, 4.69) is 15.1 Å². The summed E-state index contributed by atoms with van der Waals surface area (Å²) >= 11 is 7.60. The number of aromatic nitrogens is 3. The quantitative estimate of drug-likeness (QED) is 0.637. The normalized spacial score (nSPS) is 12.1. The van der Waals surface area contributed by atoms with E-state index in [1.54, 1.807) is 19.9 Å². The van der Waals surface area contributed by atoms with E-state index in [1.165, 1.54) is 11.3 Å². The Kier molecular flexibility index (Phi) is 4.92. The van der Waals surface area contributed by atoms with Crippen LogP contribution in [0.3, 0.4) is 0 Å². The maximum absolute atomic E-state index is 12.0. The fourth-order valence-corrected chi connectivity index (χ4v) is 3.20. The number of halogens is 1. The summed E-state index contributed by atoms with van der Waals surface area (Å²) in [5, 5.41) is 6.89. The van der Waals surface area contributed by atoms with Crippen molar-refractivity contribution in [2.75, 3.05) is 0 Å². The molecule has 0 amide bonds. The van der Waals surface area contributed by atoms with Crippen LogP contribution in [0.5, 0.6) is 0 Å². The molecule has 0 bridgehead atoms. The van der Waals surface area contributed by atoms with E-state index in [0.29, 0.717) is 16.5 Å². The van der Waals surface area contributed by atoms with Crippen LogP contribution in [0.25, 0.3) is 10.6 Å². The first-order chi connectivity index (χ1) is 11.5. The number of thiazole rings is 1. The molecule has 0 aliphatic carbocycles. The lowest BCUT2D eigenvalue weighted by Crippen LogP contribution is -2.12. The Hall–Kier alpha value is -2.25. The Bertz CT molecular complexity index is 862. The minimum atomic E-state index is -0.597. The van der Waals surface area contributed by atoms with Crippen molar-refractivity contribution in [3.05, 3.63) is 52.1 Å². The highest BCUT2D eigenvalue weighted by Crippen LogP contribution is 2.30. The van der Waals surface area contributed by atoms with E-state index >= 15 is 0 Å². The molecule has 0 saturated carbocycles. The molecule has 0 aliphatic heterocycles. The summed E-state index contributed by atoms with van der Waals surface area (Å²) in [6, 6.07) is 7.45. The highest BCUT2D eigenvalue weighted by atomic mass is 35.5. The number of nitrogens with zero attached hydrogens (tertiary/aromatic N) is 3. The molecule has 0 radical (unpaired) electrons. The summed E-state index contributed by atoms with van der Waals surface area (Å²) < 4.78 is 10.3. The number of carbonyl (C=O) groups is 1. The summed E-state index contributed by atoms with van der Waals surface area (Å²) in [6.07, 6.45) is -0.529. The molecule has 0 fully saturated rings. The third-order valence-corrected chi connectivity index (χ3v) is 4.43. The first-order valence-corrected chi connectivity index (χ1v) is 8.47. The average molecular weight is 364 g/mol. The molecule has 0 N–H and O–H groups in total. The third kappa shape index (κ3) is 3.80. The monoisotopic (exact) mass is 363 g/mol. The molecule has 3 aromatic rings. The Morgan fingerprint density at radius 3 is 2.88 bits per heavy atom. The zero-order valence-corrected chi connectivity index (χ0v) is 14.6. The molecule has 3 rings (SSSR count). The van der Waals surface area contributed by atoms with Crippen molar-refractivity contribution in [3.8, 4) is 10.6 Å². The van der Waals surface area contributed by atoms with Crippen molar-refractivity contribution >= 4 is 28.9 Å². The van der Waals surface area contributed by atoms with E-state index in [1.807, 2.05) is 23.6 Å². The van der Waals surface area contributed by atoms with E-state index in [9.17, 15) is 4.79 Å². The van der Waals surface area contributed by atoms with Gasteiger partial charge in [0.1, 0.15) is 5.01 Å². The van der Waals surface area contributed by atoms with Crippen LogP contribution in [0, 0.1) is 6.92 Å². The Morgan fingerprint density at radius 1 is 1.38 bits per heavy atom. The fourth-order valence-electron chi connectivity index (χ4n) is 2.06. The molecule has 124 valence electrons. The van der Waals surface area contributed by atoms with Crippen LogP contribution in [-0.4, -0.2) is 21.1 Å². The molecular weight excluding hydrogens is 350 g/mol. The predicted molar refractivity (Wildman–Crippen MR) is 89.8 cm³/mol. The molecule has 2 aromatic heterocycles. The van der Waals surface area contributed by atoms with Gasteiger partial charge in [-0.25, -0.2) is 4.98 Å². The maximum Gasteiger partial charge on any atom is 0.312 e. The van der Waals surface area contributed by atoms with Gasteiger partial charge in [-0.05, 0) is 19.9 Å². The molecule has 1 aromatic carbocycles. The molecule has 24 heavy (non-hydrogen) atoms. The zero-order chi connectivity index (χ0) is 17.1. The number of ether oxygens (including phenoxy) is 1. The lowest BCUT2D eigenvalue weighted by Gasteiger charge is -2.08. The molecule has 0 saturated heterocycles. The van der Waals surface area contributed by atoms with Crippen molar-refractivity contribution in [1.29, 1.82) is 0 Å². The van der Waals surface area contributed by atoms with Crippen LogP contribution in [-0.2, 0) is 16.0 Å². The summed E-state index contributed by atoms with van der Waals surface area (Å²) in [5.74, 6) is 0.363. The van der Waals surface area contributed by atoms with Gasteiger partial charge >= 0.3 is 5.97 Å². The number of hydrogen-bond acceptors (Lipinski definition) is 7. The van der Waals surface area contributed by atoms with Crippen LogP contribution in [0.4, 0.5) is 0 Å². The number of esters is 1. The van der Waals surface area contributed by atoms with Gasteiger partial charge < -0.3 is 9.26 Å². The van der Waals surface area contributed by atoms with Gasteiger partial charge in [0.05, 0.1) is 17.1 Å². The molecule has 6 nitrogen and oxygen atoms in total. The van der Waals surface area contributed by atoms with Gasteiger partial charge in [0.2, 0.25) is 0 Å². The second kappa shape index (κ2) is 7.11. The highest BCUT2D eigenvalue weighted by Gasteiger charge is 2.19. The second-order valence-corrected chi connectivity index (χ2v) is 6.38. The SMILES string of the molecule is Cc1noc(C(C)OC(=O)Cc2csc(-c3ccccc3Cl)n2)n1. The molecule has 1 atom stereocenters. The molecular formula is C16H14ClN3O3S. The van der Waals surface area contributed by atoms with Gasteiger partial charge in [-0.2, -0.15) is 4.98 Å². The number of hydrogen-bond donors (Lipinski definition) is 0. The van der Waals surface area contributed by atoms with Gasteiger partial charge in [0, 0.05) is 10.9 Å². The number of aryl methyl sites for hydroxylation is 1. The third-order valence-electron chi connectivity index (χ3n) is 3.18. The van der Waals surface area contributed by atoms with Crippen molar-refractivity contribution < 1.29 is 14.1 Å². The number of carbonyl (C=O) groups excluding carboxylic acids is 1. The highest BCUT2D eigenvalue weighted by molar-refractivity contribution is 7.13. The maximum atomic E-state index is 12.0. The Labute approximate surface area is 147 Å². The smallest absolute Gasteiger partial charge is 0.312 e. The van der Waals surface area contributed by atoms with Crippen molar-refractivity contribution in [2.24, 2.45) is 0 Å². The zero-order valence-electron chi connectivity index (χ0n) is 13.0. The van der Waals surface area contributed by atoms with E-state index in [4.69, 9.17) is 20.9 Å². The first-order valence-electron chi connectivity index (χ1n) is 7.22. The molecule has 0 aliphatic rings. The number of rotatable bonds is 5. The summed E-state index contributed by atoms with van der Waals surface area (Å²) in [6.45, 7) is 3.38. The topological polar surface area (TPSA) is 78.1 Å². The fraction of sp³-hybridized carbons (Fsp3) is 0.250. The summed E-state index contributed by atoms with van der Waals surface area (Å²) in [5.41, 5.74) is 1.48. The summed E-state index contributed by atoms with van der Waals surface area (Å²) in [7, 11) is 0. The lowest BCUT2D eigenvalue weighted by atomic mass is 10.2. The minimum Gasteiger partial charge on any atom is -0.452 e. The van der Waals surface area contributed by atoms with Gasteiger partial charge in [-0.15, -0.1) is 11.3 Å². The Morgan fingerprint density at radius 2 is 2.17 bits per heavy atom. The lowest BCUT2D eigenvalue weighted by molar-refractivity contribution is -0.149. The van der Waals surface area contributed by atoms with E-state index in [0.717, 1.165) is 10.6 Å². The minimum absolute atomic E-state index is 0.0679. The van der Waals surface area contributed by atoms with E-state index < -0.39 is 12.1 Å². The van der Waals surface area contributed by atoms with Gasteiger partial charge in [-0.1, -0.05) is 35.0 Å². The van der Waals surface area contributed by atoms with Crippen LogP contribution in [0.15, 0.2) is 34.2 Å². The van der Waals surface area contributed by atoms with E-state index in [-0.39, 0.29) is 12.3 Å². The summed E-state index contributed by atoms with van der Waals surface area (Å²) in [4.78, 5) is 20.5. The van der Waals surface area contributed by atoms with Gasteiger partial charge in [0.25, 0.3) is 5.89 Å². The van der Waals surface area contributed by atoms with Crippen molar-refractivity contribution in [1.82, 2.24) is 15.1 Å². The van der Waals surface area contributed by atoms with Crippen molar-refractivity contribution in [3.63, 3.8) is 0 Å². The van der Waals surface area contributed by atoms with Crippen LogP contribution in [0.1, 0.15) is 30.4 Å². The Balaban J connectivity index is 1.64. The molecule has 8 heteroatoms. The number of benzene rings is 1. The first kappa shape index (κ1) is 16.6. The van der Waals surface area contributed by atoms with Crippen LogP contribution >= 0.6 is 22.9 Å². The largest absolute Gasteiger partial charge is 0.452 e. The average Bonchev–Trinajstić information content (AvgIpc) is 3.17. The van der Waals surface area contributed by atoms with Gasteiger partial charge in [0.15, 0.2) is 11.9 Å². The predicted octanol–water partition coefficient (Wildman–Crippen LogP) is 4.00. The standard InChI is InChI=1S/C16H14ClN3O3S/c1-9(15-18-10(2)20-23-15)22-14(21)7-11-8-24-16(19-11)12-5-3-4-6-13(12)17/h3-6,8-9H,7H2,1-2H3. The second-order valence-electron chi connectivity index (χ2n) is 5.11. The molecule has 0 spiro atoms. The molecule has 2 heterocycles. The van der Waals surface area contributed by atoms with Gasteiger partial charge in [-0.3, -0.25) is 4.79 Å².